The number of thioether (sulfide) groups is 1. The molecule has 2 aromatic carbocycles. The number of carbonyl (C=O) groups excluding carboxylic acids is 1. The third-order valence-corrected chi connectivity index (χ3v) is 7.40. The van der Waals surface area contributed by atoms with Crippen molar-refractivity contribution in [1.82, 2.24) is 19.3 Å². The number of fused-ring (bicyclic) bond motifs is 1. The smallest absolute Gasteiger partial charge is 0.262 e. The second-order valence-electron chi connectivity index (χ2n) is 8.33. The summed E-state index contributed by atoms with van der Waals surface area (Å²) in [7, 11) is 0. The molecule has 1 N–H and O–H groups in total. The number of halogens is 1. The number of hydrogen-bond donors (Lipinski definition) is 1. The Kier molecular flexibility index (Phi) is 6.69. The predicted molar refractivity (Wildman–Crippen MR) is 136 cm³/mol. The van der Waals surface area contributed by atoms with E-state index in [2.05, 4.69) is 10.4 Å². The highest BCUT2D eigenvalue weighted by Gasteiger charge is 2.21. The Balaban J connectivity index is 1.39. The molecule has 4 aromatic rings. The fraction of sp³-hybridized carbons (Fsp3) is 0.280. The molecule has 1 fully saturated rings. The Labute approximate surface area is 206 Å². The van der Waals surface area contributed by atoms with Crippen LogP contribution in [0, 0.1) is 0 Å². The Morgan fingerprint density at radius 2 is 1.85 bits per heavy atom. The first-order chi connectivity index (χ1) is 16.6. The maximum atomic E-state index is 13.3. The van der Waals surface area contributed by atoms with Crippen molar-refractivity contribution < 1.29 is 4.79 Å². The van der Waals surface area contributed by atoms with Gasteiger partial charge in [0, 0.05) is 11.1 Å². The van der Waals surface area contributed by atoms with Crippen LogP contribution in [0.15, 0.2) is 70.7 Å². The van der Waals surface area contributed by atoms with Crippen molar-refractivity contribution in [1.29, 1.82) is 0 Å². The van der Waals surface area contributed by atoms with Crippen LogP contribution in [-0.4, -0.2) is 31.0 Å². The van der Waals surface area contributed by atoms with Gasteiger partial charge < -0.3 is 5.32 Å². The van der Waals surface area contributed by atoms with Crippen molar-refractivity contribution in [3.05, 3.63) is 81.7 Å². The van der Waals surface area contributed by atoms with Gasteiger partial charge in [-0.05, 0) is 36.6 Å². The number of anilines is 1. The van der Waals surface area contributed by atoms with Crippen LogP contribution < -0.4 is 10.9 Å². The molecule has 0 spiro atoms. The largest absolute Gasteiger partial charge is 0.310 e. The van der Waals surface area contributed by atoms with E-state index in [4.69, 9.17) is 16.6 Å². The SMILES string of the molecule is O=C(CSc1nc2ccccc2c(=O)n1Cc1ccccc1Cl)Nc1ccnn1C1CCCC1. The number of aromatic nitrogens is 4. The molecule has 1 amide bonds. The molecule has 1 saturated carbocycles. The van der Waals surface area contributed by atoms with Crippen molar-refractivity contribution in [2.45, 2.75) is 43.4 Å². The maximum absolute atomic E-state index is 13.3. The van der Waals surface area contributed by atoms with E-state index < -0.39 is 0 Å². The molecule has 9 heteroatoms. The minimum Gasteiger partial charge on any atom is -0.310 e. The van der Waals surface area contributed by atoms with Gasteiger partial charge in [-0.15, -0.1) is 0 Å². The zero-order valence-corrected chi connectivity index (χ0v) is 20.1. The molecule has 0 saturated heterocycles. The van der Waals surface area contributed by atoms with Gasteiger partial charge in [0.05, 0.1) is 35.4 Å². The average molecular weight is 494 g/mol. The van der Waals surface area contributed by atoms with Gasteiger partial charge in [0.25, 0.3) is 5.56 Å². The first-order valence-electron chi connectivity index (χ1n) is 11.3. The number of nitrogens with one attached hydrogen (secondary N) is 1. The predicted octanol–water partition coefficient (Wildman–Crippen LogP) is 5.14. The van der Waals surface area contributed by atoms with Crippen LogP contribution in [0.2, 0.25) is 5.02 Å². The molecule has 0 bridgehead atoms. The van der Waals surface area contributed by atoms with E-state index in [1.54, 1.807) is 29.0 Å². The first kappa shape index (κ1) is 22.7. The van der Waals surface area contributed by atoms with Crippen LogP contribution in [-0.2, 0) is 11.3 Å². The lowest BCUT2D eigenvalue weighted by atomic mass is 10.2. The molecule has 174 valence electrons. The fourth-order valence-electron chi connectivity index (χ4n) is 4.36. The number of nitrogens with zero attached hydrogens (tertiary/aromatic N) is 4. The Morgan fingerprint density at radius 1 is 1.09 bits per heavy atom. The Bertz CT molecular complexity index is 1390. The quantitative estimate of drug-likeness (QED) is 0.285. The number of para-hydroxylation sites is 1. The number of hydrogen-bond acceptors (Lipinski definition) is 5. The second kappa shape index (κ2) is 10.0. The van der Waals surface area contributed by atoms with Gasteiger partial charge >= 0.3 is 0 Å². The molecule has 0 atom stereocenters. The van der Waals surface area contributed by atoms with Gasteiger partial charge in [-0.3, -0.25) is 14.2 Å². The minimum atomic E-state index is -0.170. The molecular formula is C25H24ClN5O2S. The standard InChI is InChI=1S/C25H24ClN5O2S/c26-20-11-5-1-7-17(20)15-30-24(33)19-10-4-6-12-21(19)28-25(30)34-16-23(32)29-22-13-14-27-31(22)18-8-2-3-9-18/h1,4-7,10-14,18H,2-3,8-9,15-16H2,(H,29,32). The fourth-order valence-corrected chi connectivity index (χ4v) is 5.35. The van der Waals surface area contributed by atoms with Crippen LogP contribution >= 0.6 is 23.4 Å². The zero-order chi connectivity index (χ0) is 23.5. The van der Waals surface area contributed by atoms with Crippen LogP contribution in [0.3, 0.4) is 0 Å². The lowest BCUT2D eigenvalue weighted by molar-refractivity contribution is -0.113. The summed E-state index contributed by atoms with van der Waals surface area (Å²) in [6.45, 7) is 0.273. The molecule has 34 heavy (non-hydrogen) atoms. The van der Waals surface area contributed by atoms with E-state index in [0.717, 1.165) is 18.4 Å². The van der Waals surface area contributed by atoms with E-state index in [9.17, 15) is 9.59 Å². The van der Waals surface area contributed by atoms with Crippen molar-refractivity contribution >= 4 is 46.0 Å². The van der Waals surface area contributed by atoms with E-state index in [1.807, 2.05) is 41.1 Å². The molecule has 1 aliphatic carbocycles. The molecule has 0 aliphatic heterocycles. The van der Waals surface area contributed by atoms with Crippen LogP contribution in [0.1, 0.15) is 37.3 Å². The summed E-state index contributed by atoms with van der Waals surface area (Å²) in [5.41, 5.74) is 1.26. The first-order valence-corrected chi connectivity index (χ1v) is 12.7. The van der Waals surface area contributed by atoms with Gasteiger partial charge in [-0.25, -0.2) is 9.67 Å². The van der Waals surface area contributed by atoms with E-state index in [1.165, 1.54) is 24.6 Å². The number of benzene rings is 2. The topological polar surface area (TPSA) is 81.8 Å². The summed E-state index contributed by atoms with van der Waals surface area (Å²) < 4.78 is 3.50. The summed E-state index contributed by atoms with van der Waals surface area (Å²) in [6, 6.07) is 16.8. The normalized spacial score (nSPS) is 14.0. The van der Waals surface area contributed by atoms with Gasteiger partial charge in [0.15, 0.2) is 5.16 Å². The highest BCUT2D eigenvalue weighted by Crippen LogP contribution is 2.31. The molecule has 0 unspecified atom stereocenters. The third-order valence-electron chi connectivity index (χ3n) is 6.05. The van der Waals surface area contributed by atoms with Crippen molar-refractivity contribution in [3.8, 4) is 0 Å². The van der Waals surface area contributed by atoms with Crippen molar-refractivity contribution in [2.75, 3.05) is 11.1 Å². The highest BCUT2D eigenvalue weighted by molar-refractivity contribution is 7.99. The lowest BCUT2D eigenvalue weighted by Gasteiger charge is -2.15. The van der Waals surface area contributed by atoms with Crippen LogP contribution in [0.25, 0.3) is 10.9 Å². The minimum absolute atomic E-state index is 0.114. The molecular weight excluding hydrogens is 470 g/mol. The molecule has 5 rings (SSSR count). The van der Waals surface area contributed by atoms with Crippen molar-refractivity contribution in [2.24, 2.45) is 0 Å². The number of carbonyl (C=O) groups is 1. The summed E-state index contributed by atoms with van der Waals surface area (Å²) >= 11 is 7.59. The summed E-state index contributed by atoms with van der Waals surface area (Å²) in [4.78, 5) is 30.8. The van der Waals surface area contributed by atoms with Crippen molar-refractivity contribution in [3.63, 3.8) is 0 Å². The maximum Gasteiger partial charge on any atom is 0.262 e. The highest BCUT2D eigenvalue weighted by atomic mass is 35.5. The van der Waals surface area contributed by atoms with Gasteiger partial charge in [-0.2, -0.15) is 5.10 Å². The summed E-state index contributed by atoms with van der Waals surface area (Å²) in [5, 5.41) is 8.97. The lowest BCUT2D eigenvalue weighted by Crippen LogP contribution is -2.25. The Hall–Kier alpha value is -3.10. The average Bonchev–Trinajstić information content (AvgIpc) is 3.53. The summed E-state index contributed by atoms with van der Waals surface area (Å²) in [6.07, 6.45) is 6.24. The number of amides is 1. The molecule has 2 heterocycles. The zero-order valence-electron chi connectivity index (χ0n) is 18.5. The molecule has 7 nitrogen and oxygen atoms in total. The Morgan fingerprint density at radius 3 is 2.68 bits per heavy atom. The van der Waals surface area contributed by atoms with Crippen LogP contribution in [0.5, 0.6) is 0 Å². The monoisotopic (exact) mass is 493 g/mol. The van der Waals surface area contributed by atoms with Gasteiger partial charge in [-0.1, -0.05) is 66.5 Å². The number of rotatable bonds is 7. The molecule has 0 radical (unpaired) electrons. The summed E-state index contributed by atoms with van der Waals surface area (Å²) in [5.74, 6) is 0.650. The van der Waals surface area contributed by atoms with Gasteiger partial charge in [0.2, 0.25) is 5.91 Å². The molecule has 2 aromatic heterocycles. The second-order valence-corrected chi connectivity index (χ2v) is 9.68. The van der Waals surface area contributed by atoms with E-state index in [-0.39, 0.29) is 23.8 Å². The molecule has 1 aliphatic rings. The van der Waals surface area contributed by atoms with Crippen LogP contribution in [0.4, 0.5) is 5.82 Å². The van der Waals surface area contributed by atoms with Gasteiger partial charge in [0.1, 0.15) is 5.82 Å². The van der Waals surface area contributed by atoms with E-state index >= 15 is 0 Å². The third kappa shape index (κ3) is 4.74. The van der Waals surface area contributed by atoms with E-state index in [0.29, 0.717) is 32.9 Å².